The van der Waals surface area contributed by atoms with Crippen LogP contribution in [0.3, 0.4) is 0 Å². The summed E-state index contributed by atoms with van der Waals surface area (Å²) >= 11 is 0. The zero-order chi connectivity index (χ0) is 15.5. The Labute approximate surface area is 109 Å². The van der Waals surface area contributed by atoms with Gasteiger partial charge in [0.2, 0.25) is 5.78 Å². The lowest BCUT2D eigenvalue weighted by Gasteiger charge is -2.13. The molecule has 20 heavy (non-hydrogen) atoms. The number of ketones is 1. The summed E-state index contributed by atoms with van der Waals surface area (Å²) in [6.45, 7) is -2.00. The molecule has 0 aliphatic carbocycles. The minimum atomic E-state index is -4.54. The highest BCUT2D eigenvalue weighted by molar-refractivity contribution is 6.13. The van der Waals surface area contributed by atoms with Crippen molar-refractivity contribution in [2.45, 2.75) is 5.92 Å². The average molecular weight is 291 g/mol. The Hall–Kier alpha value is -2.65. The first-order valence-corrected chi connectivity index (χ1v) is 5.02. The highest BCUT2D eigenvalue weighted by Crippen LogP contribution is 2.26. The number of halogens is 3. The molecule has 1 aromatic carbocycles. The molecule has 10 heteroatoms. The fraction of sp³-hybridized carbons (Fsp3) is 0.200. The van der Waals surface area contributed by atoms with Gasteiger partial charge in [0.05, 0.1) is 4.92 Å². The SMILES string of the molecule is Nc1cc(NC(=O)C(F)(F)C(=O)CF)ccc1[N+](=O)[O-]. The van der Waals surface area contributed by atoms with Gasteiger partial charge in [-0.2, -0.15) is 8.78 Å². The Bertz CT molecular complexity index is 577. The number of nitrogens with one attached hydrogen (secondary N) is 1. The van der Waals surface area contributed by atoms with Crippen LogP contribution in [0.2, 0.25) is 0 Å². The van der Waals surface area contributed by atoms with Crippen LogP contribution in [0.15, 0.2) is 18.2 Å². The van der Waals surface area contributed by atoms with E-state index in [4.69, 9.17) is 5.73 Å². The number of amides is 1. The fourth-order valence-corrected chi connectivity index (χ4v) is 1.22. The van der Waals surface area contributed by atoms with Crippen LogP contribution in [0.1, 0.15) is 0 Å². The first kappa shape index (κ1) is 15.4. The van der Waals surface area contributed by atoms with Gasteiger partial charge in [0.25, 0.3) is 5.69 Å². The number of nitrogen functional groups attached to an aromatic ring is 1. The van der Waals surface area contributed by atoms with Gasteiger partial charge in [-0.05, 0) is 12.1 Å². The Morgan fingerprint density at radius 3 is 2.45 bits per heavy atom. The molecular formula is C10H8F3N3O4. The van der Waals surface area contributed by atoms with E-state index in [1.165, 1.54) is 0 Å². The van der Waals surface area contributed by atoms with Gasteiger partial charge >= 0.3 is 11.8 Å². The summed E-state index contributed by atoms with van der Waals surface area (Å²) in [6.07, 6.45) is 0. The largest absolute Gasteiger partial charge is 0.393 e. The number of carbonyl (C=O) groups is 2. The van der Waals surface area contributed by atoms with Gasteiger partial charge in [-0.3, -0.25) is 19.7 Å². The van der Waals surface area contributed by atoms with Crippen molar-refractivity contribution < 1.29 is 27.7 Å². The molecule has 108 valence electrons. The van der Waals surface area contributed by atoms with Crippen molar-refractivity contribution in [2.75, 3.05) is 17.7 Å². The van der Waals surface area contributed by atoms with Crippen LogP contribution in [0.25, 0.3) is 0 Å². The predicted octanol–water partition coefficient (Wildman–Crippen LogP) is 1.29. The molecule has 0 atom stereocenters. The van der Waals surface area contributed by atoms with E-state index in [9.17, 15) is 32.9 Å². The van der Waals surface area contributed by atoms with Crippen LogP contribution in [0.5, 0.6) is 0 Å². The van der Waals surface area contributed by atoms with E-state index in [2.05, 4.69) is 0 Å². The van der Waals surface area contributed by atoms with Gasteiger partial charge in [-0.25, -0.2) is 4.39 Å². The molecule has 0 saturated carbocycles. The van der Waals surface area contributed by atoms with E-state index < -0.39 is 34.9 Å². The molecule has 0 spiro atoms. The first-order chi connectivity index (χ1) is 9.20. The van der Waals surface area contributed by atoms with Crippen molar-refractivity contribution in [1.82, 2.24) is 0 Å². The van der Waals surface area contributed by atoms with Crippen LogP contribution < -0.4 is 11.1 Å². The Morgan fingerprint density at radius 1 is 1.40 bits per heavy atom. The number of hydrogen-bond donors (Lipinski definition) is 2. The van der Waals surface area contributed by atoms with E-state index in [0.717, 1.165) is 18.2 Å². The summed E-state index contributed by atoms with van der Waals surface area (Å²) in [7, 11) is 0. The third kappa shape index (κ3) is 3.02. The van der Waals surface area contributed by atoms with Gasteiger partial charge in [0.1, 0.15) is 5.69 Å². The van der Waals surface area contributed by atoms with Crippen LogP contribution in [0, 0.1) is 10.1 Å². The number of Topliss-reactive ketones (excluding diaryl/α,β-unsaturated/α-hetero) is 1. The molecule has 0 radical (unpaired) electrons. The lowest BCUT2D eigenvalue weighted by Crippen LogP contribution is -2.43. The van der Waals surface area contributed by atoms with E-state index >= 15 is 0 Å². The quantitative estimate of drug-likeness (QED) is 0.367. The van der Waals surface area contributed by atoms with Gasteiger partial charge in [-0.15, -0.1) is 0 Å². The number of hydrogen-bond acceptors (Lipinski definition) is 5. The number of anilines is 2. The summed E-state index contributed by atoms with van der Waals surface area (Å²) in [5, 5.41) is 12.1. The number of rotatable bonds is 5. The van der Waals surface area contributed by atoms with Crippen LogP contribution >= 0.6 is 0 Å². The second kappa shape index (κ2) is 5.55. The minimum Gasteiger partial charge on any atom is -0.393 e. The molecule has 0 fully saturated rings. The second-order valence-electron chi connectivity index (χ2n) is 3.62. The normalized spacial score (nSPS) is 10.9. The molecule has 1 aromatic rings. The summed E-state index contributed by atoms with van der Waals surface area (Å²) in [5.74, 6) is -8.77. The Balaban J connectivity index is 2.95. The monoisotopic (exact) mass is 291 g/mol. The maximum absolute atomic E-state index is 13.1. The molecule has 0 aromatic heterocycles. The molecule has 3 N–H and O–H groups in total. The molecule has 0 unspecified atom stereocenters. The fourth-order valence-electron chi connectivity index (χ4n) is 1.22. The summed E-state index contributed by atoms with van der Waals surface area (Å²) < 4.78 is 38.0. The zero-order valence-electron chi connectivity index (χ0n) is 9.73. The van der Waals surface area contributed by atoms with Gasteiger partial charge in [0.15, 0.2) is 6.67 Å². The number of nitro groups is 1. The topological polar surface area (TPSA) is 115 Å². The lowest BCUT2D eigenvalue weighted by atomic mass is 10.2. The lowest BCUT2D eigenvalue weighted by molar-refractivity contribution is -0.383. The van der Waals surface area contributed by atoms with Gasteiger partial charge < -0.3 is 11.1 Å². The number of nitro benzene ring substituents is 1. The average Bonchev–Trinajstić information content (AvgIpc) is 2.37. The maximum Gasteiger partial charge on any atom is 0.384 e. The Morgan fingerprint density at radius 2 is 2.00 bits per heavy atom. The molecule has 0 aliphatic heterocycles. The minimum absolute atomic E-state index is 0.288. The van der Waals surface area contributed by atoms with E-state index in [-0.39, 0.29) is 11.4 Å². The smallest absolute Gasteiger partial charge is 0.384 e. The molecule has 0 heterocycles. The highest BCUT2D eigenvalue weighted by atomic mass is 19.3. The number of alkyl halides is 3. The summed E-state index contributed by atoms with van der Waals surface area (Å²) in [5.41, 5.74) is 4.15. The maximum atomic E-state index is 13.1. The highest BCUT2D eigenvalue weighted by Gasteiger charge is 2.46. The third-order valence-electron chi connectivity index (χ3n) is 2.24. The molecule has 1 amide bonds. The molecular weight excluding hydrogens is 283 g/mol. The van der Waals surface area contributed by atoms with Crippen molar-refractivity contribution >= 4 is 28.8 Å². The molecule has 0 aliphatic rings. The van der Waals surface area contributed by atoms with E-state index in [1.807, 2.05) is 0 Å². The zero-order valence-corrected chi connectivity index (χ0v) is 9.73. The summed E-state index contributed by atoms with van der Waals surface area (Å²) in [6, 6.07) is 2.70. The van der Waals surface area contributed by atoms with E-state index in [0.29, 0.717) is 0 Å². The van der Waals surface area contributed by atoms with Crippen LogP contribution in [0.4, 0.5) is 30.2 Å². The first-order valence-electron chi connectivity index (χ1n) is 5.02. The van der Waals surface area contributed by atoms with Crippen molar-refractivity contribution in [1.29, 1.82) is 0 Å². The summed E-state index contributed by atoms with van der Waals surface area (Å²) in [4.78, 5) is 31.4. The van der Waals surface area contributed by atoms with Gasteiger partial charge in [0, 0.05) is 11.8 Å². The van der Waals surface area contributed by atoms with Crippen molar-refractivity contribution in [3.8, 4) is 0 Å². The van der Waals surface area contributed by atoms with Crippen LogP contribution in [-0.2, 0) is 9.59 Å². The number of benzene rings is 1. The van der Waals surface area contributed by atoms with E-state index in [1.54, 1.807) is 5.32 Å². The van der Waals surface area contributed by atoms with Crippen molar-refractivity contribution in [3.05, 3.63) is 28.3 Å². The van der Waals surface area contributed by atoms with Crippen molar-refractivity contribution in [3.63, 3.8) is 0 Å². The third-order valence-corrected chi connectivity index (χ3v) is 2.24. The molecule has 0 saturated heterocycles. The van der Waals surface area contributed by atoms with Crippen molar-refractivity contribution in [2.24, 2.45) is 0 Å². The number of nitrogens with two attached hydrogens (primary N) is 1. The number of carbonyl (C=O) groups excluding carboxylic acids is 2. The predicted molar refractivity (Wildman–Crippen MR) is 62.1 cm³/mol. The van der Waals surface area contributed by atoms with Gasteiger partial charge in [-0.1, -0.05) is 0 Å². The Kier molecular flexibility index (Phi) is 4.27. The number of nitrogens with zero attached hydrogens (tertiary/aromatic N) is 1. The molecule has 7 nitrogen and oxygen atoms in total. The second-order valence-corrected chi connectivity index (χ2v) is 3.62. The molecule has 0 bridgehead atoms. The van der Waals surface area contributed by atoms with Crippen LogP contribution in [-0.4, -0.2) is 29.2 Å². The molecule has 1 rings (SSSR count). The standard InChI is InChI=1S/C10H8F3N3O4/c11-4-8(17)10(12,13)9(18)15-5-1-2-7(16(19)20)6(14)3-5/h1-3H,4,14H2,(H,15,18).